The Labute approximate surface area is 126 Å². The number of anilines is 1. The van der Waals surface area contributed by atoms with Crippen LogP contribution in [0, 0.1) is 5.82 Å². The van der Waals surface area contributed by atoms with E-state index in [0.29, 0.717) is 0 Å². The molecule has 1 aliphatic rings. The van der Waals surface area contributed by atoms with Crippen molar-refractivity contribution in [1.82, 2.24) is 4.90 Å². The molecular formula is C16H16BrFN2. The normalized spacial score (nSPS) is 15.1. The van der Waals surface area contributed by atoms with Gasteiger partial charge in [-0.3, -0.25) is 4.90 Å². The SMILES string of the molecule is Nc1cccc2c1CN(Cc1ccc(F)cc1Br)CC2. The van der Waals surface area contributed by atoms with Crippen LogP contribution in [-0.4, -0.2) is 11.4 Å². The van der Waals surface area contributed by atoms with Gasteiger partial charge in [0, 0.05) is 29.8 Å². The zero-order valence-electron chi connectivity index (χ0n) is 11.1. The van der Waals surface area contributed by atoms with Gasteiger partial charge >= 0.3 is 0 Å². The zero-order chi connectivity index (χ0) is 14.1. The number of nitrogens with two attached hydrogens (primary N) is 1. The maximum absolute atomic E-state index is 13.1. The summed E-state index contributed by atoms with van der Waals surface area (Å²) in [6.07, 6.45) is 1.01. The lowest BCUT2D eigenvalue weighted by Gasteiger charge is -2.29. The Balaban J connectivity index is 1.79. The molecule has 0 radical (unpaired) electrons. The van der Waals surface area contributed by atoms with Gasteiger partial charge < -0.3 is 5.73 Å². The van der Waals surface area contributed by atoms with Crippen LogP contribution in [0.3, 0.4) is 0 Å². The third-order valence-corrected chi connectivity index (χ3v) is 4.54. The number of fused-ring (bicyclic) bond motifs is 1. The second kappa shape index (κ2) is 5.54. The highest BCUT2D eigenvalue weighted by molar-refractivity contribution is 9.10. The smallest absolute Gasteiger partial charge is 0.124 e. The number of benzene rings is 2. The van der Waals surface area contributed by atoms with E-state index >= 15 is 0 Å². The average molecular weight is 335 g/mol. The van der Waals surface area contributed by atoms with Crippen molar-refractivity contribution in [3.63, 3.8) is 0 Å². The van der Waals surface area contributed by atoms with Crippen LogP contribution in [0.1, 0.15) is 16.7 Å². The van der Waals surface area contributed by atoms with Gasteiger partial charge in [0.25, 0.3) is 0 Å². The third-order valence-electron chi connectivity index (χ3n) is 3.80. The van der Waals surface area contributed by atoms with Gasteiger partial charge in [0.2, 0.25) is 0 Å². The summed E-state index contributed by atoms with van der Waals surface area (Å²) in [5, 5.41) is 0. The molecular weight excluding hydrogens is 319 g/mol. The molecule has 1 aliphatic heterocycles. The number of nitrogen functional groups attached to an aromatic ring is 1. The molecule has 0 bridgehead atoms. The van der Waals surface area contributed by atoms with E-state index < -0.39 is 0 Å². The predicted octanol–water partition coefficient (Wildman–Crippen LogP) is 3.73. The largest absolute Gasteiger partial charge is 0.398 e. The minimum atomic E-state index is -0.214. The van der Waals surface area contributed by atoms with E-state index in [1.807, 2.05) is 18.2 Å². The highest BCUT2D eigenvalue weighted by atomic mass is 79.9. The van der Waals surface area contributed by atoms with Gasteiger partial charge in [0.1, 0.15) is 5.82 Å². The Bertz CT molecular complexity index is 642. The second-order valence-electron chi connectivity index (χ2n) is 5.18. The fourth-order valence-corrected chi connectivity index (χ4v) is 3.16. The Morgan fingerprint density at radius 2 is 2.10 bits per heavy atom. The Morgan fingerprint density at radius 3 is 2.90 bits per heavy atom. The van der Waals surface area contributed by atoms with Crippen molar-refractivity contribution in [2.75, 3.05) is 12.3 Å². The lowest BCUT2D eigenvalue weighted by Crippen LogP contribution is -2.30. The van der Waals surface area contributed by atoms with Crippen LogP contribution in [0.2, 0.25) is 0 Å². The van der Waals surface area contributed by atoms with Gasteiger partial charge in [-0.2, -0.15) is 0 Å². The lowest BCUT2D eigenvalue weighted by molar-refractivity contribution is 0.245. The minimum Gasteiger partial charge on any atom is -0.398 e. The Hall–Kier alpha value is -1.39. The van der Waals surface area contributed by atoms with E-state index in [-0.39, 0.29) is 5.82 Å². The number of nitrogens with zero attached hydrogens (tertiary/aromatic N) is 1. The van der Waals surface area contributed by atoms with E-state index in [9.17, 15) is 4.39 Å². The first kappa shape index (κ1) is 13.6. The minimum absolute atomic E-state index is 0.214. The molecule has 2 nitrogen and oxygen atoms in total. The molecule has 0 spiro atoms. The molecule has 3 rings (SSSR count). The number of hydrogen-bond acceptors (Lipinski definition) is 2. The summed E-state index contributed by atoms with van der Waals surface area (Å²) in [5.74, 6) is -0.214. The summed E-state index contributed by atoms with van der Waals surface area (Å²) in [6, 6.07) is 11.0. The Morgan fingerprint density at radius 1 is 1.25 bits per heavy atom. The van der Waals surface area contributed by atoms with Gasteiger partial charge in [-0.05, 0) is 41.3 Å². The van der Waals surface area contributed by atoms with Crippen LogP contribution in [0.15, 0.2) is 40.9 Å². The van der Waals surface area contributed by atoms with E-state index in [1.54, 1.807) is 0 Å². The van der Waals surface area contributed by atoms with Gasteiger partial charge in [0.05, 0.1) is 0 Å². The predicted molar refractivity (Wildman–Crippen MR) is 82.8 cm³/mol. The van der Waals surface area contributed by atoms with Gasteiger partial charge in [0.15, 0.2) is 0 Å². The molecule has 0 fully saturated rings. The molecule has 0 atom stereocenters. The summed E-state index contributed by atoms with van der Waals surface area (Å²) < 4.78 is 13.9. The molecule has 4 heteroatoms. The average Bonchev–Trinajstić information content (AvgIpc) is 2.43. The molecule has 0 amide bonds. The van der Waals surface area contributed by atoms with Crippen LogP contribution in [0.5, 0.6) is 0 Å². The molecule has 0 unspecified atom stereocenters. The molecule has 1 heterocycles. The van der Waals surface area contributed by atoms with Crippen LogP contribution in [0.4, 0.5) is 10.1 Å². The summed E-state index contributed by atoms with van der Waals surface area (Å²) in [6.45, 7) is 2.65. The van der Waals surface area contributed by atoms with Crippen molar-refractivity contribution >= 4 is 21.6 Å². The molecule has 2 aromatic rings. The number of rotatable bonds is 2. The quantitative estimate of drug-likeness (QED) is 0.848. The molecule has 104 valence electrons. The van der Waals surface area contributed by atoms with Crippen LogP contribution in [-0.2, 0) is 19.5 Å². The van der Waals surface area contributed by atoms with E-state index in [2.05, 4.69) is 26.9 Å². The monoisotopic (exact) mass is 334 g/mol. The fourth-order valence-electron chi connectivity index (χ4n) is 2.69. The van der Waals surface area contributed by atoms with Crippen LogP contribution in [0.25, 0.3) is 0 Å². The topological polar surface area (TPSA) is 29.3 Å². The molecule has 0 aromatic heterocycles. The zero-order valence-corrected chi connectivity index (χ0v) is 12.7. The van der Waals surface area contributed by atoms with E-state index in [0.717, 1.165) is 41.8 Å². The number of hydrogen-bond donors (Lipinski definition) is 1. The second-order valence-corrected chi connectivity index (χ2v) is 6.04. The molecule has 0 aliphatic carbocycles. The fraction of sp³-hybridized carbons (Fsp3) is 0.250. The third kappa shape index (κ3) is 2.72. The van der Waals surface area contributed by atoms with E-state index in [1.165, 1.54) is 23.3 Å². The highest BCUT2D eigenvalue weighted by Gasteiger charge is 2.18. The van der Waals surface area contributed by atoms with Crippen molar-refractivity contribution in [2.24, 2.45) is 0 Å². The van der Waals surface area contributed by atoms with Crippen LogP contribution >= 0.6 is 15.9 Å². The molecule has 2 N–H and O–H groups in total. The first-order chi connectivity index (χ1) is 9.63. The van der Waals surface area contributed by atoms with E-state index in [4.69, 9.17) is 5.73 Å². The summed E-state index contributed by atoms with van der Waals surface area (Å²) >= 11 is 3.43. The van der Waals surface area contributed by atoms with Crippen molar-refractivity contribution in [3.8, 4) is 0 Å². The van der Waals surface area contributed by atoms with Gasteiger partial charge in [-0.25, -0.2) is 4.39 Å². The first-order valence-electron chi connectivity index (χ1n) is 6.66. The Kier molecular flexibility index (Phi) is 3.76. The summed E-state index contributed by atoms with van der Waals surface area (Å²) in [4.78, 5) is 2.34. The van der Waals surface area contributed by atoms with Crippen molar-refractivity contribution in [3.05, 3.63) is 63.4 Å². The highest BCUT2D eigenvalue weighted by Crippen LogP contribution is 2.27. The molecule has 20 heavy (non-hydrogen) atoms. The van der Waals surface area contributed by atoms with Crippen molar-refractivity contribution in [1.29, 1.82) is 0 Å². The lowest BCUT2D eigenvalue weighted by atomic mass is 9.98. The maximum Gasteiger partial charge on any atom is 0.124 e. The standard InChI is InChI=1S/C16H16BrFN2/c17-15-8-13(18)5-4-12(15)9-20-7-6-11-2-1-3-16(19)14(11)10-20/h1-5,8H,6-7,9-10,19H2. The molecule has 0 saturated carbocycles. The summed E-state index contributed by atoms with van der Waals surface area (Å²) in [5.41, 5.74) is 10.6. The van der Waals surface area contributed by atoms with Gasteiger partial charge in [-0.1, -0.05) is 34.1 Å². The maximum atomic E-state index is 13.1. The van der Waals surface area contributed by atoms with Crippen LogP contribution < -0.4 is 5.73 Å². The van der Waals surface area contributed by atoms with Gasteiger partial charge in [-0.15, -0.1) is 0 Å². The molecule has 0 saturated heterocycles. The van der Waals surface area contributed by atoms with Crippen molar-refractivity contribution in [2.45, 2.75) is 19.5 Å². The van der Waals surface area contributed by atoms with Crippen molar-refractivity contribution < 1.29 is 4.39 Å². The first-order valence-corrected chi connectivity index (χ1v) is 7.45. The number of halogens is 2. The summed E-state index contributed by atoms with van der Waals surface area (Å²) in [7, 11) is 0. The molecule has 2 aromatic carbocycles.